The minimum Gasteiger partial charge on any atom is -0.375 e. The standard InChI is InChI=1S/C13H15BrF2N4/c1-8(2)6-20-13(18-7-19-20)5-17-12-4-10(15)9(14)3-11(12)16/h3-4,7-8,17H,5-6H2,1-2H3. The largest absolute Gasteiger partial charge is 0.375 e. The van der Waals surface area contributed by atoms with Gasteiger partial charge in [-0.25, -0.2) is 18.4 Å². The van der Waals surface area contributed by atoms with E-state index in [0.29, 0.717) is 11.7 Å². The summed E-state index contributed by atoms with van der Waals surface area (Å²) in [4.78, 5) is 4.12. The molecule has 0 aliphatic rings. The number of hydrogen-bond acceptors (Lipinski definition) is 3. The first-order valence-electron chi connectivity index (χ1n) is 6.22. The first kappa shape index (κ1) is 14.9. The highest BCUT2D eigenvalue weighted by molar-refractivity contribution is 9.10. The lowest BCUT2D eigenvalue weighted by molar-refractivity contribution is 0.468. The zero-order valence-corrected chi connectivity index (χ0v) is 12.8. The molecule has 20 heavy (non-hydrogen) atoms. The molecule has 0 aliphatic carbocycles. The van der Waals surface area contributed by atoms with E-state index in [4.69, 9.17) is 0 Å². The summed E-state index contributed by atoms with van der Waals surface area (Å²) in [5.74, 6) is 0.0736. The second kappa shape index (κ2) is 6.30. The Morgan fingerprint density at radius 1 is 1.30 bits per heavy atom. The highest BCUT2D eigenvalue weighted by atomic mass is 79.9. The van der Waals surface area contributed by atoms with Crippen molar-refractivity contribution in [2.75, 3.05) is 5.32 Å². The van der Waals surface area contributed by atoms with Gasteiger partial charge in [0.1, 0.15) is 23.8 Å². The molecule has 0 fully saturated rings. The van der Waals surface area contributed by atoms with Crippen molar-refractivity contribution in [1.29, 1.82) is 0 Å². The van der Waals surface area contributed by atoms with Crippen LogP contribution in [0.25, 0.3) is 0 Å². The Morgan fingerprint density at radius 3 is 2.75 bits per heavy atom. The fourth-order valence-corrected chi connectivity index (χ4v) is 2.07. The SMILES string of the molecule is CC(C)Cn1ncnc1CNc1cc(F)c(Br)cc1F. The lowest BCUT2D eigenvalue weighted by Crippen LogP contribution is -2.13. The molecule has 0 atom stereocenters. The van der Waals surface area contributed by atoms with Gasteiger partial charge in [-0.3, -0.25) is 0 Å². The highest BCUT2D eigenvalue weighted by Crippen LogP contribution is 2.23. The molecule has 0 radical (unpaired) electrons. The van der Waals surface area contributed by atoms with Crippen LogP contribution in [0.15, 0.2) is 22.9 Å². The maximum Gasteiger partial charge on any atom is 0.147 e. The molecule has 0 amide bonds. The number of benzene rings is 1. The van der Waals surface area contributed by atoms with Gasteiger partial charge in [0.2, 0.25) is 0 Å². The molecule has 0 saturated heterocycles. The summed E-state index contributed by atoms with van der Waals surface area (Å²) in [5, 5.41) is 6.95. The fourth-order valence-electron chi connectivity index (χ4n) is 1.76. The van der Waals surface area contributed by atoms with Crippen molar-refractivity contribution in [3.05, 3.63) is 40.4 Å². The third-order valence-electron chi connectivity index (χ3n) is 2.68. The molecular weight excluding hydrogens is 330 g/mol. The fraction of sp³-hybridized carbons (Fsp3) is 0.385. The maximum absolute atomic E-state index is 13.7. The molecular formula is C13H15BrF2N4. The van der Waals surface area contributed by atoms with Crippen LogP contribution in [-0.2, 0) is 13.1 Å². The molecule has 0 spiro atoms. The van der Waals surface area contributed by atoms with Gasteiger partial charge in [0, 0.05) is 12.6 Å². The van der Waals surface area contributed by atoms with Gasteiger partial charge in [-0.1, -0.05) is 13.8 Å². The molecule has 2 rings (SSSR count). The number of halogens is 3. The summed E-state index contributed by atoms with van der Waals surface area (Å²) < 4.78 is 28.9. The normalized spacial score (nSPS) is 11.1. The lowest BCUT2D eigenvalue weighted by atomic mass is 10.2. The molecule has 0 bridgehead atoms. The summed E-state index contributed by atoms with van der Waals surface area (Å²) in [6, 6.07) is 2.21. The van der Waals surface area contributed by atoms with Crippen molar-refractivity contribution >= 4 is 21.6 Å². The number of hydrogen-bond donors (Lipinski definition) is 1. The number of nitrogens with one attached hydrogen (secondary N) is 1. The molecule has 1 aromatic heterocycles. The molecule has 1 N–H and O–H groups in total. The zero-order chi connectivity index (χ0) is 14.7. The van der Waals surface area contributed by atoms with Gasteiger partial charge in [0.15, 0.2) is 0 Å². The van der Waals surface area contributed by atoms with Crippen molar-refractivity contribution in [3.8, 4) is 0 Å². The summed E-state index contributed by atoms with van der Waals surface area (Å²) >= 11 is 2.94. The van der Waals surface area contributed by atoms with Crippen LogP contribution in [0.4, 0.5) is 14.5 Å². The van der Waals surface area contributed by atoms with Gasteiger partial charge in [0.05, 0.1) is 16.7 Å². The van der Waals surface area contributed by atoms with Gasteiger partial charge in [-0.05, 0) is 27.9 Å². The number of aromatic nitrogens is 3. The molecule has 1 aromatic carbocycles. The Balaban J connectivity index is 2.09. The molecule has 0 unspecified atom stereocenters. The topological polar surface area (TPSA) is 42.7 Å². The number of nitrogens with zero attached hydrogens (tertiary/aromatic N) is 3. The van der Waals surface area contributed by atoms with Crippen LogP contribution < -0.4 is 5.32 Å². The molecule has 7 heteroatoms. The molecule has 0 saturated carbocycles. The second-order valence-electron chi connectivity index (χ2n) is 4.85. The monoisotopic (exact) mass is 344 g/mol. The highest BCUT2D eigenvalue weighted by Gasteiger charge is 2.10. The van der Waals surface area contributed by atoms with Crippen LogP contribution in [0.2, 0.25) is 0 Å². The third-order valence-corrected chi connectivity index (χ3v) is 3.29. The number of anilines is 1. The van der Waals surface area contributed by atoms with E-state index < -0.39 is 11.6 Å². The van der Waals surface area contributed by atoms with Crippen LogP contribution >= 0.6 is 15.9 Å². The maximum atomic E-state index is 13.7. The Hall–Kier alpha value is -1.50. The van der Waals surface area contributed by atoms with Gasteiger partial charge in [-0.15, -0.1) is 0 Å². The summed E-state index contributed by atoms with van der Waals surface area (Å²) in [6.07, 6.45) is 1.46. The summed E-state index contributed by atoms with van der Waals surface area (Å²) in [7, 11) is 0. The average Bonchev–Trinajstić information content (AvgIpc) is 2.79. The first-order chi connectivity index (χ1) is 9.47. The molecule has 1 heterocycles. The molecule has 108 valence electrons. The summed E-state index contributed by atoms with van der Waals surface area (Å²) in [5.41, 5.74) is 0.102. The predicted molar refractivity (Wildman–Crippen MR) is 76.2 cm³/mol. The van der Waals surface area contributed by atoms with Crippen molar-refractivity contribution in [3.63, 3.8) is 0 Å². The van der Waals surface area contributed by atoms with Crippen molar-refractivity contribution in [1.82, 2.24) is 14.8 Å². The van der Waals surface area contributed by atoms with Gasteiger partial charge >= 0.3 is 0 Å². The van der Waals surface area contributed by atoms with Crippen LogP contribution in [0.3, 0.4) is 0 Å². The van der Waals surface area contributed by atoms with Gasteiger partial charge in [-0.2, -0.15) is 5.10 Å². The van der Waals surface area contributed by atoms with Gasteiger partial charge < -0.3 is 5.32 Å². The minimum absolute atomic E-state index is 0.100. The van der Waals surface area contributed by atoms with E-state index in [-0.39, 0.29) is 16.7 Å². The second-order valence-corrected chi connectivity index (χ2v) is 5.71. The first-order valence-corrected chi connectivity index (χ1v) is 7.01. The number of rotatable bonds is 5. The van der Waals surface area contributed by atoms with E-state index in [0.717, 1.165) is 18.7 Å². The smallest absolute Gasteiger partial charge is 0.147 e. The molecule has 0 aliphatic heterocycles. The van der Waals surface area contributed by atoms with Crippen LogP contribution in [0.1, 0.15) is 19.7 Å². The van der Waals surface area contributed by atoms with Gasteiger partial charge in [0.25, 0.3) is 0 Å². The quantitative estimate of drug-likeness (QED) is 0.843. The van der Waals surface area contributed by atoms with Crippen LogP contribution in [-0.4, -0.2) is 14.8 Å². The van der Waals surface area contributed by atoms with E-state index in [9.17, 15) is 8.78 Å². The van der Waals surface area contributed by atoms with E-state index in [1.165, 1.54) is 6.33 Å². The zero-order valence-electron chi connectivity index (χ0n) is 11.2. The average molecular weight is 345 g/mol. The van der Waals surface area contributed by atoms with Crippen LogP contribution in [0, 0.1) is 17.6 Å². The van der Waals surface area contributed by atoms with E-state index in [2.05, 4.69) is 45.2 Å². The third kappa shape index (κ3) is 3.53. The Kier molecular flexibility index (Phi) is 4.69. The van der Waals surface area contributed by atoms with E-state index in [1.807, 2.05) is 0 Å². The van der Waals surface area contributed by atoms with Crippen molar-refractivity contribution in [2.24, 2.45) is 5.92 Å². The Morgan fingerprint density at radius 2 is 2.05 bits per heavy atom. The van der Waals surface area contributed by atoms with Crippen molar-refractivity contribution in [2.45, 2.75) is 26.9 Å². The lowest BCUT2D eigenvalue weighted by Gasteiger charge is -2.11. The molecule has 4 nitrogen and oxygen atoms in total. The minimum atomic E-state index is -0.520. The van der Waals surface area contributed by atoms with Crippen LogP contribution in [0.5, 0.6) is 0 Å². The van der Waals surface area contributed by atoms with E-state index >= 15 is 0 Å². The molecule has 2 aromatic rings. The predicted octanol–water partition coefficient (Wildman–Crippen LogP) is 3.59. The summed E-state index contributed by atoms with van der Waals surface area (Å²) in [6.45, 7) is 5.16. The Labute approximate surface area is 124 Å². The van der Waals surface area contributed by atoms with E-state index in [1.54, 1.807) is 4.68 Å². The van der Waals surface area contributed by atoms with Crippen molar-refractivity contribution < 1.29 is 8.78 Å². The Bertz CT molecular complexity index is 598.